The molecule has 3 aromatic carbocycles. The van der Waals surface area contributed by atoms with Gasteiger partial charge in [0.1, 0.15) is 28.0 Å². The number of aromatic nitrogens is 3. The normalized spacial score (nSPS) is 17.9. The Morgan fingerprint density at radius 3 is 2.72 bits per heavy atom. The Balaban J connectivity index is 1.26. The fourth-order valence-corrected chi connectivity index (χ4v) is 8.05. The number of sulfone groups is 1. The first kappa shape index (κ1) is 29.9. The molecule has 1 aliphatic carbocycles. The minimum absolute atomic E-state index is 0.0325. The first-order chi connectivity index (χ1) is 22.0. The van der Waals surface area contributed by atoms with E-state index in [1.807, 2.05) is 25.1 Å². The molecule has 46 heavy (non-hydrogen) atoms. The second-order valence-corrected chi connectivity index (χ2v) is 14.0. The van der Waals surface area contributed by atoms with E-state index >= 15 is 13.2 Å². The number of halogens is 3. The van der Waals surface area contributed by atoms with Gasteiger partial charge in [0.25, 0.3) is 0 Å². The van der Waals surface area contributed by atoms with E-state index in [9.17, 15) is 18.3 Å². The Labute approximate surface area is 261 Å². The van der Waals surface area contributed by atoms with Gasteiger partial charge in [-0.15, -0.1) is 0 Å². The van der Waals surface area contributed by atoms with Gasteiger partial charge in [0.2, 0.25) is 5.82 Å². The maximum Gasteiger partial charge on any atom is 0.303 e. The molecular formula is C33H28F3N3O6S. The van der Waals surface area contributed by atoms with Gasteiger partial charge in [0.15, 0.2) is 21.4 Å². The molecule has 0 amide bonds. The van der Waals surface area contributed by atoms with Crippen molar-refractivity contribution in [1.82, 2.24) is 15.0 Å². The molecule has 0 spiro atoms. The third-order valence-corrected chi connectivity index (χ3v) is 11.1. The van der Waals surface area contributed by atoms with Crippen LogP contribution in [0.4, 0.5) is 13.2 Å². The van der Waals surface area contributed by atoms with E-state index in [1.165, 1.54) is 24.4 Å². The van der Waals surface area contributed by atoms with Gasteiger partial charge in [-0.25, -0.2) is 22.2 Å². The lowest BCUT2D eigenvalue weighted by Gasteiger charge is -2.36. The van der Waals surface area contributed by atoms with Crippen molar-refractivity contribution in [2.45, 2.75) is 54.6 Å². The number of carbonyl (C=O) groups is 1. The minimum atomic E-state index is -4.06. The maximum atomic E-state index is 15.4. The lowest BCUT2D eigenvalue weighted by Crippen LogP contribution is -2.32. The molecule has 1 aliphatic heterocycles. The molecule has 238 valence electrons. The quantitative estimate of drug-likeness (QED) is 0.149. The van der Waals surface area contributed by atoms with Gasteiger partial charge in [-0.05, 0) is 62.4 Å². The number of aryl methyl sites for hydroxylation is 1. The minimum Gasteiger partial charge on any atom is -0.493 e. The Hall–Kier alpha value is -4.78. The molecule has 5 aromatic rings. The molecule has 9 nitrogen and oxygen atoms in total. The van der Waals surface area contributed by atoms with Crippen LogP contribution in [0, 0.1) is 17.5 Å². The summed E-state index contributed by atoms with van der Waals surface area (Å²) in [7, 11) is -4.06. The van der Waals surface area contributed by atoms with Crippen molar-refractivity contribution in [3.8, 4) is 28.6 Å². The topological polar surface area (TPSA) is 134 Å². The van der Waals surface area contributed by atoms with Crippen molar-refractivity contribution < 1.29 is 41.0 Å². The summed E-state index contributed by atoms with van der Waals surface area (Å²) < 4.78 is 84.2. The zero-order valence-corrected chi connectivity index (χ0v) is 25.3. The molecular weight excluding hydrogens is 623 g/mol. The molecule has 3 N–H and O–H groups in total. The molecule has 7 rings (SSSR count). The molecule has 1 atom stereocenters. The smallest absolute Gasteiger partial charge is 0.303 e. The molecule has 1 fully saturated rings. The summed E-state index contributed by atoms with van der Waals surface area (Å²) >= 11 is 0. The molecule has 2 aromatic heterocycles. The van der Waals surface area contributed by atoms with Crippen molar-refractivity contribution in [3.63, 3.8) is 0 Å². The average Bonchev–Trinajstić information content (AvgIpc) is 3.59. The number of carboxylic acid groups (broad SMARTS) is 1. The van der Waals surface area contributed by atoms with E-state index in [0.717, 1.165) is 17.2 Å². The number of nitrogens with zero attached hydrogens (tertiary/aromatic N) is 1. The fourth-order valence-electron chi connectivity index (χ4n) is 6.10. The van der Waals surface area contributed by atoms with Crippen LogP contribution in [-0.4, -0.2) is 46.3 Å². The monoisotopic (exact) mass is 651 g/mol. The van der Waals surface area contributed by atoms with Crippen molar-refractivity contribution >= 4 is 26.7 Å². The fraction of sp³-hybridized carbons (Fsp3) is 0.273. The number of hydrogen-bond acceptors (Lipinski definition) is 6. The summed E-state index contributed by atoms with van der Waals surface area (Å²) in [5.74, 6) is -4.54. The van der Waals surface area contributed by atoms with Crippen LogP contribution in [0.25, 0.3) is 22.3 Å². The van der Waals surface area contributed by atoms with Crippen LogP contribution in [0.15, 0.2) is 59.8 Å². The molecule has 0 radical (unpaired) electrons. The molecule has 2 aliphatic rings. The standard InChI is InChI=1S/C33H28F3N3O6S/c1-33(12-14-44-29-17(5-10-25(40)41)3-2-4-22(29)33)24-16-38-32(39-24)21-15-18(6-9-23(21)34)45-30-27(36)26(35)28-20(11-13-37-28)31(30)46(42,43)19-7-8-19/h2-4,6,9,11,13,15-16,19,37H,5,7-8,10,12,14H2,1H3,(H,38,39)(H,40,41)/t33-/m0/s1. The molecule has 0 unspecified atom stereocenters. The maximum absolute atomic E-state index is 15.4. The number of imidazole rings is 1. The van der Waals surface area contributed by atoms with Crippen molar-refractivity contribution in [2.75, 3.05) is 6.61 Å². The molecule has 0 saturated heterocycles. The summed E-state index contributed by atoms with van der Waals surface area (Å²) in [5.41, 5.74) is 1.29. The van der Waals surface area contributed by atoms with Crippen LogP contribution in [0.2, 0.25) is 0 Å². The van der Waals surface area contributed by atoms with E-state index in [0.29, 0.717) is 43.7 Å². The predicted molar refractivity (Wildman–Crippen MR) is 161 cm³/mol. The molecule has 1 saturated carbocycles. The van der Waals surface area contributed by atoms with E-state index < -0.39 is 54.6 Å². The van der Waals surface area contributed by atoms with Crippen molar-refractivity contribution in [3.05, 3.63) is 89.1 Å². The predicted octanol–water partition coefficient (Wildman–Crippen LogP) is 6.81. The summed E-state index contributed by atoms with van der Waals surface area (Å²) in [4.78, 5) is 20.9. The number of ether oxygens (including phenoxy) is 2. The first-order valence-electron chi connectivity index (χ1n) is 14.7. The number of nitrogens with one attached hydrogen (secondary N) is 2. The second-order valence-electron chi connectivity index (χ2n) is 11.8. The van der Waals surface area contributed by atoms with E-state index in [2.05, 4.69) is 15.0 Å². The molecule has 3 heterocycles. The van der Waals surface area contributed by atoms with Gasteiger partial charge in [-0.3, -0.25) is 4.79 Å². The lowest BCUT2D eigenvalue weighted by molar-refractivity contribution is -0.136. The van der Waals surface area contributed by atoms with Gasteiger partial charge < -0.3 is 24.5 Å². The lowest BCUT2D eigenvalue weighted by atomic mass is 9.74. The van der Waals surface area contributed by atoms with Gasteiger partial charge in [0, 0.05) is 40.9 Å². The Kier molecular flexibility index (Phi) is 7.11. The van der Waals surface area contributed by atoms with Crippen LogP contribution in [-0.2, 0) is 26.5 Å². The number of fused-ring (bicyclic) bond motifs is 2. The Morgan fingerprint density at radius 2 is 1.96 bits per heavy atom. The number of hydrogen-bond donors (Lipinski definition) is 3. The Bertz CT molecular complexity index is 2140. The SMILES string of the molecule is C[C@]1(c2cnc(-c3cc(Oc4c(F)c(F)c5[nH]ccc5c4S(=O)(=O)C4CC4)ccc3F)[nH]2)CCOc2c(CCC(=O)O)cccc21. The van der Waals surface area contributed by atoms with Gasteiger partial charge in [0.05, 0.1) is 22.9 Å². The van der Waals surface area contributed by atoms with E-state index in [1.54, 1.807) is 6.20 Å². The largest absolute Gasteiger partial charge is 0.493 e. The number of rotatable bonds is 9. The highest BCUT2D eigenvalue weighted by Gasteiger charge is 2.42. The summed E-state index contributed by atoms with van der Waals surface area (Å²) in [6, 6.07) is 10.4. The number of aliphatic carboxylic acids is 1. The van der Waals surface area contributed by atoms with Crippen LogP contribution in [0.5, 0.6) is 17.2 Å². The van der Waals surface area contributed by atoms with Crippen LogP contribution in [0.1, 0.15) is 49.4 Å². The number of H-pyrrole nitrogens is 2. The molecule has 13 heteroatoms. The second kappa shape index (κ2) is 10.9. The van der Waals surface area contributed by atoms with Gasteiger partial charge in [-0.2, -0.15) is 4.39 Å². The van der Waals surface area contributed by atoms with E-state index in [-0.39, 0.29) is 34.5 Å². The summed E-state index contributed by atoms with van der Waals surface area (Å²) in [5, 5.41) is 8.41. The van der Waals surface area contributed by atoms with Gasteiger partial charge in [-0.1, -0.05) is 18.2 Å². The van der Waals surface area contributed by atoms with Crippen molar-refractivity contribution in [1.29, 1.82) is 0 Å². The zero-order valence-electron chi connectivity index (χ0n) is 24.5. The summed E-state index contributed by atoms with van der Waals surface area (Å²) in [6.45, 7) is 2.35. The highest BCUT2D eigenvalue weighted by atomic mass is 32.2. The zero-order chi connectivity index (χ0) is 32.4. The number of carboxylic acids is 1. The van der Waals surface area contributed by atoms with Crippen LogP contribution < -0.4 is 9.47 Å². The highest BCUT2D eigenvalue weighted by molar-refractivity contribution is 7.92. The van der Waals surface area contributed by atoms with Crippen molar-refractivity contribution in [2.24, 2.45) is 0 Å². The van der Waals surface area contributed by atoms with E-state index in [4.69, 9.17) is 9.47 Å². The number of benzene rings is 3. The third-order valence-electron chi connectivity index (χ3n) is 8.79. The van der Waals surface area contributed by atoms with Crippen LogP contribution in [0.3, 0.4) is 0 Å². The van der Waals surface area contributed by atoms with Gasteiger partial charge >= 0.3 is 5.97 Å². The number of para-hydroxylation sites is 1. The molecule has 0 bridgehead atoms. The first-order valence-corrected chi connectivity index (χ1v) is 16.3. The Morgan fingerprint density at radius 1 is 1.15 bits per heavy atom. The number of aromatic amines is 2. The summed E-state index contributed by atoms with van der Waals surface area (Å²) in [6.07, 6.45) is 4.50. The highest BCUT2D eigenvalue weighted by Crippen LogP contribution is 2.47. The van der Waals surface area contributed by atoms with Crippen LogP contribution >= 0.6 is 0 Å². The third kappa shape index (κ3) is 4.89. The average molecular weight is 652 g/mol.